The largest absolute Gasteiger partial charge is 0.460 e. The van der Waals surface area contributed by atoms with E-state index in [9.17, 15) is 4.79 Å². The van der Waals surface area contributed by atoms with Gasteiger partial charge in [-0.1, -0.05) is 59.8 Å². The average Bonchev–Trinajstić information content (AvgIpc) is 2.64. The van der Waals surface area contributed by atoms with Gasteiger partial charge < -0.3 is 9.47 Å². The highest BCUT2D eigenvalue weighted by Gasteiger charge is 2.14. The molecule has 0 spiro atoms. The number of ether oxygens (including phenoxy) is 2. The lowest BCUT2D eigenvalue weighted by molar-refractivity contribution is -0.154. The summed E-state index contributed by atoms with van der Waals surface area (Å²) in [6.07, 6.45) is 11.9. The van der Waals surface area contributed by atoms with E-state index in [1.807, 2.05) is 34.6 Å². The van der Waals surface area contributed by atoms with Crippen LogP contribution in [0.15, 0.2) is 12.4 Å². The maximum absolute atomic E-state index is 10.8. The molecule has 0 saturated heterocycles. The van der Waals surface area contributed by atoms with Crippen molar-refractivity contribution >= 4 is 5.97 Å². The van der Waals surface area contributed by atoms with Gasteiger partial charge in [-0.25, -0.2) is 9.97 Å². The number of carbonyl (C=O) groups excluding carboxylic acids is 1. The van der Waals surface area contributed by atoms with E-state index in [-0.39, 0.29) is 11.6 Å². The van der Waals surface area contributed by atoms with Crippen LogP contribution in [0.3, 0.4) is 0 Å². The molecule has 1 atom stereocenters. The maximum Gasteiger partial charge on any atom is 0.306 e. The summed E-state index contributed by atoms with van der Waals surface area (Å²) >= 11 is 0. The average molecular weight is 411 g/mol. The van der Waals surface area contributed by atoms with E-state index < -0.39 is 0 Å². The van der Waals surface area contributed by atoms with Gasteiger partial charge in [-0.2, -0.15) is 0 Å². The van der Waals surface area contributed by atoms with Crippen molar-refractivity contribution < 1.29 is 14.3 Å². The van der Waals surface area contributed by atoms with Crippen LogP contribution in [0, 0.1) is 12.8 Å². The van der Waals surface area contributed by atoms with Crippen molar-refractivity contribution in [1.29, 1.82) is 0 Å². The Morgan fingerprint density at radius 3 is 2.07 bits per heavy atom. The first kappa shape index (κ1) is 29.7. The van der Waals surface area contributed by atoms with Crippen molar-refractivity contribution in [2.45, 2.75) is 113 Å². The summed E-state index contributed by atoms with van der Waals surface area (Å²) in [6.45, 7) is 16.9. The lowest BCUT2D eigenvalue weighted by Crippen LogP contribution is -2.23. The summed E-state index contributed by atoms with van der Waals surface area (Å²) in [5.74, 6) is 1.64. The Kier molecular flexibility index (Phi) is 19.0. The lowest BCUT2D eigenvalue weighted by Gasteiger charge is -2.18. The van der Waals surface area contributed by atoms with Crippen LogP contribution in [0.2, 0.25) is 0 Å². The van der Waals surface area contributed by atoms with Gasteiger partial charge in [-0.3, -0.25) is 4.79 Å². The van der Waals surface area contributed by atoms with Gasteiger partial charge in [-0.05, 0) is 40.0 Å². The quantitative estimate of drug-likeness (QED) is 0.336. The van der Waals surface area contributed by atoms with E-state index in [4.69, 9.17) is 9.47 Å². The van der Waals surface area contributed by atoms with Crippen molar-refractivity contribution in [3.63, 3.8) is 0 Å². The van der Waals surface area contributed by atoms with Gasteiger partial charge in [0.15, 0.2) is 0 Å². The second kappa shape index (κ2) is 18.5. The molecule has 0 aliphatic rings. The van der Waals surface area contributed by atoms with Crippen LogP contribution in [0.5, 0.6) is 0 Å². The zero-order chi connectivity index (χ0) is 22.7. The molecule has 0 aromatic carbocycles. The topological polar surface area (TPSA) is 61.3 Å². The van der Waals surface area contributed by atoms with Gasteiger partial charge in [0, 0.05) is 31.5 Å². The van der Waals surface area contributed by atoms with Gasteiger partial charge >= 0.3 is 5.97 Å². The first-order valence-corrected chi connectivity index (χ1v) is 11.1. The third-order valence-electron chi connectivity index (χ3n) is 4.02. The Morgan fingerprint density at radius 2 is 1.66 bits per heavy atom. The van der Waals surface area contributed by atoms with Crippen molar-refractivity contribution in [3.8, 4) is 0 Å². The van der Waals surface area contributed by atoms with Crippen LogP contribution in [-0.2, 0) is 20.9 Å². The SMILES string of the molecule is CCCC(=O)OC(C)(C)C.CCCCCC(C)CC.COCc1cnc(C)nc1. The number of methoxy groups -OCH3 is 1. The van der Waals surface area contributed by atoms with Crippen LogP contribution in [0.25, 0.3) is 0 Å². The van der Waals surface area contributed by atoms with Gasteiger partial charge in [0.1, 0.15) is 11.4 Å². The molecule has 0 N–H and O–H groups in total. The molecule has 5 nitrogen and oxygen atoms in total. The number of esters is 1. The highest BCUT2D eigenvalue weighted by Crippen LogP contribution is 2.11. The number of aromatic nitrogens is 2. The van der Waals surface area contributed by atoms with Crippen molar-refractivity contribution in [2.24, 2.45) is 5.92 Å². The minimum Gasteiger partial charge on any atom is -0.460 e. The Hall–Kier alpha value is -1.49. The first-order chi connectivity index (χ1) is 13.6. The minimum absolute atomic E-state index is 0.102. The summed E-state index contributed by atoms with van der Waals surface area (Å²) in [6, 6.07) is 0. The molecule has 0 bridgehead atoms. The van der Waals surface area contributed by atoms with E-state index in [0.717, 1.165) is 23.7 Å². The zero-order valence-corrected chi connectivity index (χ0v) is 20.5. The molecule has 1 unspecified atom stereocenters. The molecule has 29 heavy (non-hydrogen) atoms. The van der Waals surface area contributed by atoms with Gasteiger partial charge in [0.05, 0.1) is 6.61 Å². The number of carbonyl (C=O) groups is 1. The Labute approximate surface area is 180 Å². The Balaban J connectivity index is 0. The van der Waals surface area contributed by atoms with E-state index in [2.05, 4.69) is 30.7 Å². The predicted molar refractivity (Wildman–Crippen MR) is 122 cm³/mol. The van der Waals surface area contributed by atoms with Crippen LogP contribution < -0.4 is 0 Å². The van der Waals surface area contributed by atoms with E-state index >= 15 is 0 Å². The lowest BCUT2D eigenvalue weighted by atomic mass is 10.0. The number of aryl methyl sites for hydroxylation is 1. The van der Waals surface area contributed by atoms with Gasteiger partial charge in [0.2, 0.25) is 0 Å². The monoisotopic (exact) mass is 410 g/mol. The molecule has 0 saturated carbocycles. The molecular weight excluding hydrogens is 364 g/mol. The third kappa shape index (κ3) is 22.7. The molecule has 170 valence electrons. The molecule has 0 aliphatic heterocycles. The van der Waals surface area contributed by atoms with E-state index in [1.165, 1.54) is 32.1 Å². The molecule has 1 aromatic heterocycles. The third-order valence-corrected chi connectivity index (χ3v) is 4.02. The van der Waals surface area contributed by atoms with Crippen LogP contribution in [0.4, 0.5) is 0 Å². The second-order valence-electron chi connectivity index (χ2n) is 8.42. The van der Waals surface area contributed by atoms with Crippen LogP contribution in [-0.4, -0.2) is 28.6 Å². The number of hydrogen-bond donors (Lipinski definition) is 0. The van der Waals surface area contributed by atoms with Crippen LogP contribution >= 0.6 is 0 Å². The molecule has 1 aromatic rings. The summed E-state index contributed by atoms with van der Waals surface area (Å²) in [7, 11) is 1.65. The van der Waals surface area contributed by atoms with Crippen molar-refractivity contribution in [1.82, 2.24) is 9.97 Å². The first-order valence-electron chi connectivity index (χ1n) is 11.1. The highest BCUT2D eigenvalue weighted by atomic mass is 16.6. The van der Waals surface area contributed by atoms with Gasteiger partial charge in [0.25, 0.3) is 0 Å². The fourth-order valence-electron chi connectivity index (χ4n) is 2.20. The molecular formula is C24H46N2O3. The smallest absolute Gasteiger partial charge is 0.306 e. The Bertz CT molecular complexity index is 496. The molecule has 0 radical (unpaired) electrons. The normalized spacial score (nSPS) is 11.5. The number of nitrogens with zero attached hydrogens (tertiary/aromatic N) is 2. The summed E-state index contributed by atoms with van der Waals surface area (Å²) in [4.78, 5) is 18.8. The standard InChI is InChI=1S/C9H20.C8H16O2.C7H10N2O/c1-4-6-7-8-9(3)5-2;1-5-6-7(9)10-8(2,3)4;1-6-8-3-7(4-9-6)5-10-2/h9H,4-8H2,1-3H3;5-6H2,1-4H3;3-4H,5H2,1-2H3. The molecule has 0 fully saturated rings. The molecule has 5 heteroatoms. The highest BCUT2D eigenvalue weighted by molar-refractivity contribution is 5.69. The molecule has 1 rings (SSSR count). The summed E-state index contributed by atoms with van der Waals surface area (Å²) in [5, 5.41) is 0. The van der Waals surface area contributed by atoms with Gasteiger partial charge in [-0.15, -0.1) is 0 Å². The molecule has 0 amide bonds. The van der Waals surface area contributed by atoms with Crippen LogP contribution in [0.1, 0.15) is 105 Å². The number of unbranched alkanes of at least 4 members (excludes halogenated alkanes) is 2. The predicted octanol–water partition coefficient (Wildman–Crippen LogP) is 6.67. The number of hydrogen-bond acceptors (Lipinski definition) is 5. The second-order valence-corrected chi connectivity index (χ2v) is 8.42. The van der Waals surface area contributed by atoms with E-state index in [0.29, 0.717) is 13.0 Å². The zero-order valence-electron chi connectivity index (χ0n) is 20.5. The van der Waals surface area contributed by atoms with Crippen molar-refractivity contribution in [3.05, 3.63) is 23.8 Å². The minimum atomic E-state index is -0.327. The molecule has 1 heterocycles. The fraction of sp³-hybridized carbons (Fsp3) is 0.792. The van der Waals surface area contributed by atoms with E-state index in [1.54, 1.807) is 19.5 Å². The summed E-state index contributed by atoms with van der Waals surface area (Å²) in [5.41, 5.74) is 0.680. The molecule has 0 aliphatic carbocycles. The number of rotatable bonds is 9. The fourth-order valence-corrected chi connectivity index (χ4v) is 2.20. The van der Waals surface area contributed by atoms with Crippen molar-refractivity contribution in [2.75, 3.05) is 7.11 Å². The Morgan fingerprint density at radius 1 is 1.07 bits per heavy atom. The summed E-state index contributed by atoms with van der Waals surface area (Å²) < 4.78 is 9.93. The maximum atomic E-state index is 10.8.